The molecule has 4 rings (SSSR count). The van der Waals surface area contributed by atoms with E-state index in [-0.39, 0.29) is 11.9 Å². The first-order valence-electron chi connectivity index (χ1n) is 8.23. The first kappa shape index (κ1) is 16.0. The van der Waals surface area contributed by atoms with E-state index in [2.05, 4.69) is 31.0 Å². The molecule has 0 aromatic carbocycles. The lowest BCUT2D eigenvalue weighted by molar-refractivity contribution is 0.0942. The maximum atomic E-state index is 12.0. The number of rotatable bonds is 6. The predicted molar refractivity (Wildman–Crippen MR) is 93.2 cm³/mol. The van der Waals surface area contributed by atoms with Gasteiger partial charge in [-0.1, -0.05) is 0 Å². The molecule has 1 atom stereocenters. The Morgan fingerprint density at radius 1 is 1.44 bits per heavy atom. The number of hydrogen-bond acceptors (Lipinski definition) is 6. The number of hydrogen-bond donors (Lipinski definition) is 1. The topological polar surface area (TPSA) is 76.2 Å². The number of furan rings is 1. The smallest absolute Gasteiger partial charge is 0.270 e. The molecule has 4 heterocycles. The van der Waals surface area contributed by atoms with Gasteiger partial charge in [0, 0.05) is 31.2 Å². The van der Waals surface area contributed by atoms with Crippen molar-refractivity contribution in [1.29, 1.82) is 0 Å². The predicted octanol–water partition coefficient (Wildman–Crippen LogP) is 2.31. The number of carbonyl (C=O) groups is 1. The zero-order valence-corrected chi connectivity index (χ0v) is 14.5. The van der Waals surface area contributed by atoms with Gasteiger partial charge in [0.15, 0.2) is 0 Å². The highest BCUT2D eigenvalue weighted by molar-refractivity contribution is 7.07. The van der Waals surface area contributed by atoms with E-state index < -0.39 is 0 Å². The van der Waals surface area contributed by atoms with E-state index in [1.165, 1.54) is 17.0 Å². The van der Waals surface area contributed by atoms with Gasteiger partial charge in [-0.25, -0.2) is 4.98 Å². The molecule has 0 bridgehead atoms. The van der Waals surface area contributed by atoms with Gasteiger partial charge in [0.25, 0.3) is 5.91 Å². The molecule has 0 fully saturated rings. The third-order valence-corrected chi connectivity index (χ3v) is 4.93. The Kier molecular flexibility index (Phi) is 4.62. The summed E-state index contributed by atoms with van der Waals surface area (Å²) in [5.41, 5.74) is 3.33. The minimum atomic E-state index is -0.120. The lowest BCUT2D eigenvalue weighted by Crippen LogP contribution is -2.38. The highest BCUT2D eigenvalue weighted by atomic mass is 32.1. The van der Waals surface area contributed by atoms with Crippen molar-refractivity contribution in [3.63, 3.8) is 0 Å². The van der Waals surface area contributed by atoms with Crippen LogP contribution in [0.3, 0.4) is 0 Å². The minimum Gasteiger partial charge on any atom is -0.468 e. The van der Waals surface area contributed by atoms with Gasteiger partial charge in [-0.2, -0.15) is 5.10 Å². The average Bonchev–Trinajstić information content (AvgIpc) is 3.36. The van der Waals surface area contributed by atoms with Crippen molar-refractivity contribution in [2.45, 2.75) is 25.6 Å². The van der Waals surface area contributed by atoms with Crippen LogP contribution in [-0.2, 0) is 13.1 Å². The summed E-state index contributed by atoms with van der Waals surface area (Å²) in [6.45, 7) is 3.10. The van der Waals surface area contributed by atoms with Gasteiger partial charge in [-0.05, 0) is 24.6 Å². The van der Waals surface area contributed by atoms with E-state index in [1.54, 1.807) is 17.2 Å². The van der Waals surface area contributed by atoms with E-state index in [0.717, 1.165) is 31.8 Å². The van der Waals surface area contributed by atoms with Gasteiger partial charge >= 0.3 is 0 Å². The second-order valence-electron chi connectivity index (χ2n) is 6.09. The van der Waals surface area contributed by atoms with E-state index in [4.69, 9.17) is 4.42 Å². The van der Waals surface area contributed by atoms with Crippen molar-refractivity contribution in [3.05, 3.63) is 58.7 Å². The number of nitrogens with one attached hydrogen (secondary N) is 1. The molecule has 0 saturated carbocycles. The number of amides is 1. The van der Waals surface area contributed by atoms with Crippen LogP contribution >= 0.6 is 11.3 Å². The summed E-state index contributed by atoms with van der Waals surface area (Å²) >= 11 is 1.42. The Balaban J connectivity index is 1.37. The molecule has 1 unspecified atom stereocenters. The zero-order chi connectivity index (χ0) is 17.1. The van der Waals surface area contributed by atoms with Crippen molar-refractivity contribution in [3.8, 4) is 0 Å². The van der Waals surface area contributed by atoms with E-state index in [9.17, 15) is 4.79 Å². The molecule has 3 aromatic heterocycles. The molecule has 8 heteroatoms. The maximum absolute atomic E-state index is 12.0. The maximum Gasteiger partial charge on any atom is 0.270 e. The summed E-state index contributed by atoms with van der Waals surface area (Å²) in [6, 6.07) is 6.18. The van der Waals surface area contributed by atoms with E-state index in [0.29, 0.717) is 12.2 Å². The summed E-state index contributed by atoms with van der Waals surface area (Å²) < 4.78 is 7.54. The number of fused-ring (bicyclic) bond motifs is 1. The molecule has 1 aliphatic heterocycles. The first-order valence-corrected chi connectivity index (χ1v) is 9.17. The third kappa shape index (κ3) is 3.64. The molecule has 7 nitrogen and oxygen atoms in total. The Hall–Kier alpha value is -2.45. The molecule has 0 saturated heterocycles. The highest BCUT2D eigenvalue weighted by Gasteiger charge is 2.26. The van der Waals surface area contributed by atoms with Crippen LogP contribution in [-0.4, -0.2) is 38.7 Å². The number of aromatic nitrogens is 3. The Labute approximate surface area is 149 Å². The monoisotopic (exact) mass is 357 g/mol. The summed E-state index contributed by atoms with van der Waals surface area (Å²) in [7, 11) is 0. The lowest BCUT2D eigenvalue weighted by Gasteiger charge is -2.33. The second-order valence-corrected chi connectivity index (χ2v) is 6.81. The van der Waals surface area contributed by atoms with Crippen LogP contribution in [0.4, 0.5) is 0 Å². The van der Waals surface area contributed by atoms with Crippen LogP contribution in [0.15, 0.2) is 46.0 Å². The van der Waals surface area contributed by atoms with Crippen LogP contribution in [0, 0.1) is 0 Å². The fourth-order valence-electron chi connectivity index (χ4n) is 3.19. The molecule has 25 heavy (non-hydrogen) atoms. The molecule has 1 N–H and O–H groups in total. The van der Waals surface area contributed by atoms with Gasteiger partial charge in [0.2, 0.25) is 0 Å². The van der Waals surface area contributed by atoms with Gasteiger partial charge < -0.3 is 9.73 Å². The average molecular weight is 357 g/mol. The van der Waals surface area contributed by atoms with Crippen molar-refractivity contribution >= 4 is 17.2 Å². The quantitative estimate of drug-likeness (QED) is 0.733. The first-order chi connectivity index (χ1) is 12.3. The van der Waals surface area contributed by atoms with Gasteiger partial charge in [-0.15, -0.1) is 11.3 Å². The molecule has 0 spiro atoms. The van der Waals surface area contributed by atoms with Gasteiger partial charge in [0.05, 0.1) is 30.1 Å². The van der Waals surface area contributed by atoms with Crippen LogP contribution in [0.25, 0.3) is 0 Å². The van der Waals surface area contributed by atoms with Crippen LogP contribution < -0.4 is 5.32 Å². The fraction of sp³-hybridized carbons (Fsp3) is 0.353. The molecule has 1 amide bonds. The van der Waals surface area contributed by atoms with Crippen molar-refractivity contribution in [1.82, 2.24) is 25.0 Å². The molecular formula is C17H19N5O2S. The van der Waals surface area contributed by atoms with E-state index >= 15 is 0 Å². The lowest BCUT2D eigenvalue weighted by atomic mass is 10.1. The molecule has 0 aliphatic carbocycles. The zero-order valence-electron chi connectivity index (χ0n) is 13.7. The van der Waals surface area contributed by atoms with Crippen molar-refractivity contribution in [2.75, 3.05) is 13.1 Å². The molecule has 130 valence electrons. The second kappa shape index (κ2) is 7.20. The molecular weight excluding hydrogens is 338 g/mol. The minimum absolute atomic E-state index is 0.120. The summed E-state index contributed by atoms with van der Waals surface area (Å²) in [4.78, 5) is 18.4. The van der Waals surface area contributed by atoms with Gasteiger partial charge in [-0.3, -0.25) is 14.4 Å². The number of nitrogens with zero attached hydrogens (tertiary/aromatic N) is 4. The van der Waals surface area contributed by atoms with Crippen LogP contribution in [0.1, 0.15) is 34.4 Å². The van der Waals surface area contributed by atoms with Crippen LogP contribution in [0.2, 0.25) is 0 Å². The summed E-state index contributed by atoms with van der Waals surface area (Å²) in [6.07, 6.45) is 4.36. The SMILES string of the molecule is O=C(NCCC1CN(Cc2ccco2)Cc2ccnn21)c1cscn1. The number of thiazole rings is 1. The fourth-order valence-corrected chi connectivity index (χ4v) is 3.72. The van der Waals surface area contributed by atoms with E-state index in [1.807, 2.05) is 18.3 Å². The molecule has 3 aromatic rings. The summed E-state index contributed by atoms with van der Waals surface area (Å²) in [5.74, 6) is 0.841. The number of carbonyl (C=O) groups excluding carboxylic acids is 1. The molecule has 0 radical (unpaired) electrons. The Morgan fingerprint density at radius 2 is 2.40 bits per heavy atom. The third-order valence-electron chi connectivity index (χ3n) is 4.34. The van der Waals surface area contributed by atoms with Gasteiger partial charge in [0.1, 0.15) is 11.5 Å². The van der Waals surface area contributed by atoms with Crippen molar-refractivity contribution < 1.29 is 9.21 Å². The Morgan fingerprint density at radius 3 is 3.20 bits per heavy atom. The van der Waals surface area contributed by atoms with Crippen LogP contribution in [0.5, 0.6) is 0 Å². The Bertz CT molecular complexity index is 812. The molecule has 1 aliphatic rings. The highest BCUT2D eigenvalue weighted by Crippen LogP contribution is 2.24. The van der Waals surface area contributed by atoms with Crippen molar-refractivity contribution in [2.24, 2.45) is 0 Å². The summed E-state index contributed by atoms with van der Waals surface area (Å²) in [5, 5.41) is 9.16. The standard InChI is InChI=1S/C17H19N5O2S/c23-17(16-11-25-12-19-16)18-5-3-13-8-21(10-15-2-1-7-24-15)9-14-4-6-20-22(13)14/h1-2,4,6-7,11-13H,3,5,8-10H2,(H,18,23). The largest absolute Gasteiger partial charge is 0.468 e. The normalized spacial score (nSPS) is 17.4.